The van der Waals surface area contributed by atoms with Crippen LogP contribution in [0.4, 0.5) is 0 Å². The summed E-state index contributed by atoms with van der Waals surface area (Å²) < 4.78 is 5.26. The van der Waals surface area contributed by atoms with Crippen molar-refractivity contribution in [2.45, 2.75) is 38.5 Å². The van der Waals surface area contributed by atoms with Gasteiger partial charge in [0.1, 0.15) is 0 Å². The van der Waals surface area contributed by atoms with E-state index in [9.17, 15) is 0 Å². The number of aryl methyl sites for hydroxylation is 1. The summed E-state index contributed by atoms with van der Waals surface area (Å²) in [5, 5.41) is 4.75. The SMILES string of the molecule is NCCCCCCc1nc(Cc2ccc(Cl)cc2)no1. The first-order chi connectivity index (χ1) is 9.78. The number of nitrogens with two attached hydrogens (primary N) is 1. The number of unbranched alkanes of at least 4 members (excludes halogenated alkanes) is 3. The highest BCUT2D eigenvalue weighted by Gasteiger charge is 2.07. The molecule has 0 saturated carbocycles. The Balaban J connectivity index is 1.78. The van der Waals surface area contributed by atoms with Gasteiger partial charge in [-0.2, -0.15) is 4.98 Å². The van der Waals surface area contributed by atoms with Gasteiger partial charge in [-0.1, -0.05) is 41.7 Å². The predicted octanol–water partition coefficient (Wildman–Crippen LogP) is 3.38. The standard InChI is InChI=1S/C15H20ClN3O/c16-13-8-6-12(7-9-13)11-14-18-15(20-19-14)5-3-1-2-4-10-17/h6-9H,1-5,10-11,17H2. The van der Waals surface area contributed by atoms with Gasteiger partial charge in [0.25, 0.3) is 0 Å². The first kappa shape index (κ1) is 15.0. The Labute approximate surface area is 124 Å². The first-order valence-electron chi connectivity index (χ1n) is 7.04. The highest BCUT2D eigenvalue weighted by atomic mass is 35.5. The Hall–Kier alpha value is -1.39. The van der Waals surface area contributed by atoms with E-state index in [4.69, 9.17) is 21.9 Å². The van der Waals surface area contributed by atoms with Crippen molar-refractivity contribution in [1.29, 1.82) is 0 Å². The number of halogens is 1. The van der Waals surface area contributed by atoms with Crippen LogP contribution in [-0.2, 0) is 12.8 Å². The second-order valence-corrected chi connectivity index (χ2v) is 5.30. The zero-order valence-corrected chi connectivity index (χ0v) is 12.3. The molecule has 108 valence electrons. The van der Waals surface area contributed by atoms with Crippen LogP contribution < -0.4 is 5.73 Å². The molecule has 2 aromatic rings. The van der Waals surface area contributed by atoms with Gasteiger partial charge in [0.2, 0.25) is 5.89 Å². The van der Waals surface area contributed by atoms with Gasteiger partial charge in [0.05, 0.1) is 0 Å². The highest BCUT2D eigenvalue weighted by molar-refractivity contribution is 6.30. The van der Waals surface area contributed by atoms with Crippen LogP contribution in [0.25, 0.3) is 0 Å². The fraction of sp³-hybridized carbons (Fsp3) is 0.467. The molecule has 5 heteroatoms. The van der Waals surface area contributed by atoms with Crippen LogP contribution in [0.1, 0.15) is 43.0 Å². The third kappa shape index (κ3) is 4.94. The van der Waals surface area contributed by atoms with E-state index in [1.165, 1.54) is 6.42 Å². The van der Waals surface area contributed by atoms with Crippen molar-refractivity contribution < 1.29 is 4.52 Å². The van der Waals surface area contributed by atoms with Crippen molar-refractivity contribution in [3.63, 3.8) is 0 Å². The van der Waals surface area contributed by atoms with Crippen LogP contribution >= 0.6 is 11.6 Å². The fourth-order valence-electron chi connectivity index (χ4n) is 2.02. The summed E-state index contributed by atoms with van der Waals surface area (Å²) in [5.74, 6) is 1.45. The lowest BCUT2D eigenvalue weighted by Crippen LogP contribution is -1.98. The lowest BCUT2D eigenvalue weighted by molar-refractivity contribution is 0.369. The molecular weight excluding hydrogens is 274 g/mol. The van der Waals surface area contributed by atoms with E-state index in [0.717, 1.165) is 54.5 Å². The number of benzene rings is 1. The second kappa shape index (κ2) is 8.02. The third-order valence-electron chi connectivity index (χ3n) is 3.13. The molecule has 0 aliphatic carbocycles. The van der Waals surface area contributed by atoms with E-state index < -0.39 is 0 Å². The smallest absolute Gasteiger partial charge is 0.226 e. The summed E-state index contributed by atoms with van der Waals surface area (Å²) in [4.78, 5) is 4.41. The molecule has 1 aromatic carbocycles. The Kier molecular flexibility index (Phi) is 6.02. The van der Waals surface area contributed by atoms with Gasteiger partial charge in [0, 0.05) is 17.9 Å². The van der Waals surface area contributed by atoms with Gasteiger partial charge in [0.15, 0.2) is 5.82 Å². The molecule has 0 aliphatic heterocycles. The van der Waals surface area contributed by atoms with Crippen LogP contribution in [0.15, 0.2) is 28.8 Å². The number of nitrogens with zero attached hydrogens (tertiary/aromatic N) is 2. The lowest BCUT2D eigenvalue weighted by Gasteiger charge is -1.97. The van der Waals surface area contributed by atoms with Crippen LogP contribution in [0, 0.1) is 0 Å². The lowest BCUT2D eigenvalue weighted by atomic mass is 10.1. The first-order valence-corrected chi connectivity index (χ1v) is 7.41. The molecule has 0 bridgehead atoms. The molecule has 0 radical (unpaired) electrons. The molecular formula is C15H20ClN3O. The molecule has 0 atom stereocenters. The van der Waals surface area contributed by atoms with E-state index in [1.54, 1.807) is 0 Å². The van der Waals surface area contributed by atoms with Crippen LogP contribution in [0.5, 0.6) is 0 Å². The van der Waals surface area contributed by atoms with Gasteiger partial charge in [-0.3, -0.25) is 0 Å². The van der Waals surface area contributed by atoms with E-state index in [0.29, 0.717) is 6.42 Å². The van der Waals surface area contributed by atoms with Crippen molar-refractivity contribution in [3.05, 3.63) is 46.6 Å². The normalized spacial score (nSPS) is 10.9. The summed E-state index contributed by atoms with van der Waals surface area (Å²) in [6.07, 6.45) is 6.01. The largest absolute Gasteiger partial charge is 0.339 e. The zero-order valence-electron chi connectivity index (χ0n) is 11.5. The van der Waals surface area contributed by atoms with Crippen molar-refractivity contribution in [2.24, 2.45) is 5.73 Å². The topological polar surface area (TPSA) is 64.9 Å². The molecule has 0 saturated heterocycles. The van der Waals surface area contributed by atoms with Gasteiger partial charge < -0.3 is 10.3 Å². The van der Waals surface area contributed by atoms with Crippen molar-refractivity contribution in [3.8, 4) is 0 Å². The Morgan fingerprint density at radius 3 is 2.55 bits per heavy atom. The van der Waals surface area contributed by atoms with Gasteiger partial charge >= 0.3 is 0 Å². The minimum atomic E-state index is 0.674. The Morgan fingerprint density at radius 1 is 1.05 bits per heavy atom. The van der Waals surface area contributed by atoms with E-state index in [1.807, 2.05) is 24.3 Å². The molecule has 20 heavy (non-hydrogen) atoms. The quantitative estimate of drug-likeness (QED) is 0.758. The van der Waals surface area contributed by atoms with Crippen molar-refractivity contribution in [2.75, 3.05) is 6.54 Å². The van der Waals surface area contributed by atoms with Gasteiger partial charge in [-0.15, -0.1) is 0 Å². The average Bonchev–Trinajstić information content (AvgIpc) is 2.89. The Bertz CT molecular complexity index is 510. The second-order valence-electron chi connectivity index (χ2n) is 4.86. The van der Waals surface area contributed by atoms with Crippen molar-refractivity contribution in [1.82, 2.24) is 10.1 Å². The molecule has 1 heterocycles. The molecule has 4 nitrogen and oxygen atoms in total. The van der Waals surface area contributed by atoms with E-state index in [2.05, 4.69) is 10.1 Å². The highest BCUT2D eigenvalue weighted by Crippen LogP contribution is 2.13. The average molecular weight is 294 g/mol. The van der Waals surface area contributed by atoms with Crippen LogP contribution in [0.3, 0.4) is 0 Å². The Morgan fingerprint density at radius 2 is 1.80 bits per heavy atom. The minimum Gasteiger partial charge on any atom is -0.339 e. The molecule has 0 spiro atoms. The van der Waals surface area contributed by atoms with Gasteiger partial charge in [-0.25, -0.2) is 0 Å². The van der Waals surface area contributed by atoms with Crippen molar-refractivity contribution >= 4 is 11.6 Å². The van der Waals surface area contributed by atoms with Gasteiger partial charge in [-0.05, 0) is 37.1 Å². The summed E-state index contributed by atoms with van der Waals surface area (Å²) in [6, 6.07) is 7.70. The molecule has 1 aromatic heterocycles. The van der Waals surface area contributed by atoms with Crippen LogP contribution in [-0.4, -0.2) is 16.7 Å². The minimum absolute atomic E-state index is 0.674. The molecule has 0 unspecified atom stereocenters. The molecule has 2 N–H and O–H groups in total. The third-order valence-corrected chi connectivity index (χ3v) is 3.38. The van der Waals surface area contributed by atoms with E-state index in [-0.39, 0.29) is 0 Å². The molecule has 0 fully saturated rings. The summed E-state index contributed by atoms with van der Waals surface area (Å²) in [6.45, 7) is 0.770. The maximum absolute atomic E-state index is 5.85. The summed E-state index contributed by atoms with van der Waals surface area (Å²) in [7, 11) is 0. The molecule has 0 amide bonds. The predicted molar refractivity (Wildman–Crippen MR) is 79.8 cm³/mol. The fourth-order valence-corrected chi connectivity index (χ4v) is 2.15. The number of aromatic nitrogens is 2. The van der Waals surface area contributed by atoms with Crippen LogP contribution in [0.2, 0.25) is 5.02 Å². The number of hydrogen-bond donors (Lipinski definition) is 1. The zero-order chi connectivity index (χ0) is 14.2. The monoisotopic (exact) mass is 293 g/mol. The molecule has 2 rings (SSSR count). The maximum Gasteiger partial charge on any atom is 0.226 e. The molecule has 0 aliphatic rings. The number of rotatable bonds is 8. The maximum atomic E-state index is 5.85. The van der Waals surface area contributed by atoms with E-state index >= 15 is 0 Å². The summed E-state index contributed by atoms with van der Waals surface area (Å²) >= 11 is 5.85. The number of hydrogen-bond acceptors (Lipinski definition) is 4. The summed E-state index contributed by atoms with van der Waals surface area (Å²) in [5.41, 5.74) is 6.59.